The van der Waals surface area contributed by atoms with Crippen molar-refractivity contribution in [3.63, 3.8) is 0 Å². The number of piperidine rings is 1. The van der Waals surface area contributed by atoms with Gasteiger partial charge in [-0.3, -0.25) is 0 Å². The molecule has 2 atom stereocenters. The Morgan fingerprint density at radius 1 is 1.47 bits per heavy atom. The number of hydrogen-bond acceptors (Lipinski definition) is 2. The smallest absolute Gasteiger partial charge is 0.381 e. The number of alkyl halides is 3. The SMILES string of the molecule is C=C(C)N1CCC(OC)C(C(F)(F)F)C1. The maximum Gasteiger partial charge on any atom is 0.395 e. The maximum atomic E-state index is 12.7. The van der Waals surface area contributed by atoms with Crippen molar-refractivity contribution in [1.29, 1.82) is 0 Å². The second kappa shape index (κ2) is 4.43. The summed E-state index contributed by atoms with van der Waals surface area (Å²) < 4.78 is 42.9. The van der Waals surface area contributed by atoms with Crippen molar-refractivity contribution >= 4 is 0 Å². The summed E-state index contributed by atoms with van der Waals surface area (Å²) in [6.07, 6.45) is -4.52. The van der Waals surface area contributed by atoms with Gasteiger partial charge in [-0.1, -0.05) is 6.58 Å². The fourth-order valence-corrected chi connectivity index (χ4v) is 1.87. The van der Waals surface area contributed by atoms with Crippen LogP contribution in [0.15, 0.2) is 12.3 Å². The number of likely N-dealkylation sites (tertiary alicyclic amines) is 1. The van der Waals surface area contributed by atoms with Gasteiger partial charge in [0, 0.05) is 25.9 Å². The van der Waals surface area contributed by atoms with Crippen LogP contribution in [0.4, 0.5) is 13.2 Å². The Balaban J connectivity index is 2.74. The molecule has 0 N–H and O–H groups in total. The predicted octanol–water partition coefficient (Wildman–Crippen LogP) is 2.42. The number of allylic oxidation sites excluding steroid dienone is 1. The Morgan fingerprint density at radius 2 is 2.07 bits per heavy atom. The molecule has 1 rings (SSSR count). The van der Waals surface area contributed by atoms with Gasteiger partial charge in [-0.2, -0.15) is 13.2 Å². The van der Waals surface area contributed by atoms with Gasteiger partial charge in [0.1, 0.15) is 0 Å². The zero-order valence-corrected chi connectivity index (χ0v) is 8.97. The van der Waals surface area contributed by atoms with Crippen molar-refractivity contribution in [2.75, 3.05) is 20.2 Å². The molecule has 0 spiro atoms. The van der Waals surface area contributed by atoms with Gasteiger partial charge < -0.3 is 9.64 Å². The Bertz CT molecular complexity index is 239. The van der Waals surface area contributed by atoms with Gasteiger partial charge in [-0.15, -0.1) is 0 Å². The normalized spacial score (nSPS) is 27.9. The second-order valence-electron chi connectivity index (χ2n) is 3.89. The molecule has 1 saturated heterocycles. The summed E-state index contributed by atoms with van der Waals surface area (Å²) in [4.78, 5) is 1.66. The fourth-order valence-electron chi connectivity index (χ4n) is 1.87. The number of hydrogen-bond donors (Lipinski definition) is 0. The third kappa shape index (κ3) is 2.87. The van der Waals surface area contributed by atoms with E-state index in [0.29, 0.717) is 18.7 Å². The lowest BCUT2D eigenvalue weighted by atomic mass is 9.93. The monoisotopic (exact) mass is 223 g/mol. The Labute approximate surface area is 87.7 Å². The molecule has 1 aliphatic rings. The van der Waals surface area contributed by atoms with E-state index in [9.17, 15) is 13.2 Å². The average Bonchev–Trinajstić information content (AvgIpc) is 2.15. The van der Waals surface area contributed by atoms with Crippen LogP contribution in [0.1, 0.15) is 13.3 Å². The first-order chi connectivity index (χ1) is 6.86. The van der Waals surface area contributed by atoms with Gasteiger partial charge in [0.25, 0.3) is 0 Å². The second-order valence-corrected chi connectivity index (χ2v) is 3.89. The first-order valence-corrected chi connectivity index (χ1v) is 4.86. The molecular weight excluding hydrogens is 207 g/mol. The van der Waals surface area contributed by atoms with Crippen molar-refractivity contribution in [1.82, 2.24) is 4.90 Å². The third-order valence-corrected chi connectivity index (χ3v) is 2.81. The zero-order valence-electron chi connectivity index (χ0n) is 8.97. The van der Waals surface area contributed by atoms with Crippen LogP contribution in [0.5, 0.6) is 0 Å². The summed E-state index contributed by atoms with van der Waals surface area (Å²) in [6.45, 7) is 5.93. The number of halogens is 3. The first-order valence-electron chi connectivity index (χ1n) is 4.86. The van der Waals surface area contributed by atoms with Gasteiger partial charge in [-0.25, -0.2) is 0 Å². The summed E-state index contributed by atoms with van der Waals surface area (Å²) in [5.41, 5.74) is 0.679. The minimum absolute atomic E-state index is 0.0443. The fraction of sp³-hybridized carbons (Fsp3) is 0.800. The largest absolute Gasteiger partial charge is 0.395 e. The molecule has 1 fully saturated rings. The highest BCUT2D eigenvalue weighted by Gasteiger charge is 2.47. The van der Waals surface area contributed by atoms with Crippen molar-refractivity contribution < 1.29 is 17.9 Å². The standard InChI is InChI=1S/C10H16F3NO/c1-7(2)14-5-4-9(15-3)8(6-14)10(11,12)13/h8-9H,1,4-6H2,2-3H3. The summed E-state index contributed by atoms with van der Waals surface area (Å²) in [5, 5.41) is 0. The molecule has 0 aromatic heterocycles. The summed E-state index contributed by atoms with van der Waals surface area (Å²) >= 11 is 0. The van der Waals surface area contributed by atoms with Crippen LogP contribution in [0.2, 0.25) is 0 Å². The highest BCUT2D eigenvalue weighted by molar-refractivity contribution is 4.96. The Kier molecular flexibility index (Phi) is 3.65. The van der Waals surface area contributed by atoms with Crippen molar-refractivity contribution in [2.45, 2.75) is 25.6 Å². The molecule has 0 aromatic rings. The molecule has 88 valence electrons. The van der Waals surface area contributed by atoms with E-state index >= 15 is 0 Å². The molecule has 0 bridgehead atoms. The molecule has 0 aliphatic carbocycles. The van der Waals surface area contributed by atoms with Crippen LogP contribution in [-0.2, 0) is 4.74 Å². The van der Waals surface area contributed by atoms with E-state index in [-0.39, 0.29) is 6.54 Å². The molecule has 1 heterocycles. The molecule has 15 heavy (non-hydrogen) atoms. The van der Waals surface area contributed by atoms with Crippen molar-refractivity contribution in [2.24, 2.45) is 5.92 Å². The van der Waals surface area contributed by atoms with Crippen LogP contribution in [0.3, 0.4) is 0 Å². The molecule has 5 heteroatoms. The van der Waals surface area contributed by atoms with E-state index in [1.165, 1.54) is 7.11 Å². The molecule has 2 unspecified atom stereocenters. The molecule has 0 saturated carbocycles. The number of ether oxygens (including phenoxy) is 1. The lowest BCUT2D eigenvalue weighted by Crippen LogP contribution is -2.49. The van der Waals surface area contributed by atoms with Gasteiger partial charge >= 0.3 is 6.18 Å². The summed E-state index contributed by atoms with van der Waals surface area (Å²) in [6, 6.07) is 0. The van der Waals surface area contributed by atoms with E-state index in [1.54, 1.807) is 11.8 Å². The summed E-state index contributed by atoms with van der Waals surface area (Å²) in [5.74, 6) is -1.41. The van der Waals surface area contributed by atoms with E-state index in [4.69, 9.17) is 4.74 Å². The predicted molar refractivity (Wildman–Crippen MR) is 51.3 cm³/mol. The number of rotatable bonds is 2. The van der Waals surface area contributed by atoms with Gasteiger partial charge in [0.15, 0.2) is 0 Å². The highest BCUT2D eigenvalue weighted by Crippen LogP contribution is 2.35. The van der Waals surface area contributed by atoms with Gasteiger partial charge in [0.2, 0.25) is 0 Å². The molecule has 0 aromatic carbocycles. The van der Waals surface area contributed by atoms with Crippen LogP contribution in [0.25, 0.3) is 0 Å². The van der Waals surface area contributed by atoms with Gasteiger partial charge in [0.05, 0.1) is 12.0 Å². The van der Waals surface area contributed by atoms with Gasteiger partial charge in [-0.05, 0) is 13.3 Å². The first kappa shape index (κ1) is 12.4. The topological polar surface area (TPSA) is 12.5 Å². The van der Waals surface area contributed by atoms with E-state index < -0.39 is 18.2 Å². The molecule has 0 radical (unpaired) electrons. The van der Waals surface area contributed by atoms with Crippen molar-refractivity contribution in [3.8, 4) is 0 Å². The van der Waals surface area contributed by atoms with E-state index in [2.05, 4.69) is 6.58 Å². The quantitative estimate of drug-likeness (QED) is 0.712. The summed E-state index contributed by atoms with van der Waals surface area (Å²) in [7, 11) is 1.33. The minimum atomic E-state index is -4.20. The van der Waals surface area contributed by atoms with Crippen LogP contribution in [0, 0.1) is 5.92 Å². The van der Waals surface area contributed by atoms with Crippen LogP contribution >= 0.6 is 0 Å². The number of nitrogens with zero attached hydrogens (tertiary/aromatic N) is 1. The van der Waals surface area contributed by atoms with E-state index in [1.807, 2.05) is 0 Å². The molecule has 2 nitrogen and oxygen atoms in total. The number of methoxy groups -OCH3 is 1. The van der Waals surface area contributed by atoms with Crippen LogP contribution < -0.4 is 0 Å². The third-order valence-electron chi connectivity index (χ3n) is 2.81. The highest BCUT2D eigenvalue weighted by atomic mass is 19.4. The molecule has 1 aliphatic heterocycles. The van der Waals surface area contributed by atoms with Crippen LogP contribution in [-0.4, -0.2) is 37.4 Å². The van der Waals surface area contributed by atoms with E-state index in [0.717, 1.165) is 0 Å². The Hall–Kier alpha value is -0.710. The Morgan fingerprint density at radius 3 is 2.47 bits per heavy atom. The molecular formula is C10H16F3NO. The lowest BCUT2D eigenvalue weighted by Gasteiger charge is -2.39. The molecule has 0 amide bonds. The minimum Gasteiger partial charge on any atom is -0.381 e. The van der Waals surface area contributed by atoms with Crippen molar-refractivity contribution in [3.05, 3.63) is 12.3 Å². The average molecular weight is 223 g/mol. The maximum absolute atomic E-state index is 12.7. The zero-order chi connectivity index (χ0) is 11.6. The lowest BCUT2D eigenvalue weighted by molar-refractivity contribution is -0.215.